The molecule has 1 heterocycles. The van der Waals surface area contributed by atoms with Crippen molar-refractivity contribution in [3.63, 3.8) is 0 Å². The van der Waals surface area contributed by atoms with Gasteiger partial charge in [0.05, 0.1) is 0 Å². The Morgan fingerprint density at radius 2 is 1.75 bits per heavy atom. The monoisotopic (exact) mass is 219 g/mol. The molecular weight excluding hydrogens is 202 g/mol. The lowest BCUT2D eigenvalue weighted by atomic mass is 9.82. The smallest absolute Gasteiger partial charge is 0.230 e. The first kappa shape index (κ1) is 11.1. The van der Waals surface area contributed by atoms with E-state index >= 15 is 0 Å². The van der Waals surface area contributed by atoms with E-state index in [1.807, 2.05) is 44.2 Å². The van der Waals surface area contributed by atoms with E-state index in [1.165, 1.54) is 4.90 Å². The molecule has 1 atom stereocenters. The molecule has 1 aromatic rings. The van der Waals surface area contributed by atoms with Crippen LogP contribution in [0.25, 0.3) is 0 Å². The summed E-state index contributed by atoms with van der Waals surface area (Å²) >= 11 is 0. The fraction of sp³-hybridized carbons (Fsp3) is 0.462. The normalized spacial score (nSPS) is 28.5. The van der Waals surface area contributed by atoms with Crippen molar-refractivity contribution in [3.8, 4) is 0 Å². The zero-order valence-corrected chi connectivity index (χ0v) is 9.90. The average Bonchev–Trinajstić information content (AvgIpc) is 2.33. The first-order chi connectivity index (χ1) is 7.36. The summed E-state index contributed by atoms with van der Waals surface area (Å²) in [5.74, 6) is -0.0267. The Hall–Kier alpha value is -1.35. The van der Waals surface area contributed by atoms with Crippen molar-refractivity contribution in [2.75, 3.05) is 4.90 Å². The molecule has 3 heteroatoms. The summed E-state index contributed by atoms with van der Waals surface area (Å²) in [6.45, 7) is 5.52. The topological polar surface area (TPSA) is 40.5 Å². The van der Waals surface area contributed by atoms with Gasteiger partial charge in [-0.15, -0.1) is 0 Å². The minimum Gasteiger partial charge on any atom is -0.370 e. The highest BCUT2D eigenvalue weighted by molar-refractivity contribution is 5.97. The van der Waals surface area contributed by atoms with E-state index in [9.17, 15) is 9.90 Å². The fourth-order valence-corrected chi connectivity index (χ4v) is 2.14. The quantitative estimate of drug-likeness (QED) is 0.786. The highest BCUT2D eigenvalue weighted by Gasteiger charge is 2.54. The summed E-state index contributed by atoms with van der Waals surface area (Å²) in [5.41, 5.74) is -0.811. The number of para-hydroxylation sites is 1. The van der Waals surface area contributed by atoms with Crippen molar-refractivity contribution in [1.82, 2.24) is 0 Å². The Labute approximate surface area is 95.7 Å². The molecule has 0 saturated carbocycles. The van der Waals surface area contributed by atoms with Crippen LogP contribution >= 0.6 is 0 Å². The first-order valence-electron chi connectivity index (χ1n) is 5.47. The first-order valence-corrected chi connectivity index (χ1v) is 5.47. The van der Waals surface area contributed by atoms with Crippen LogP contribution in [0.1, 0.15) is 27.2 Å². The van der Waals surface area contributed by atoms with Gasteiger partial charge in [-0.3, -0.25) is 9.69 Å². The van der Waals surface area contributed by atoms with Gasteiger partial charge in [-0.25, -0.2) is 0 Å². The number of rotatable bonds is 1. The largest absolute Gasteiger partial charge is 0.370 e. The molecule has 1 aliphatic rings. The summed E-state index contributed by atoms with van der Waals surface area (Å²) in [6.07, 6.45) is 0.370. The highest BCUT2D eigenvalue weighted by Crippen LogP contribution is 2.45. The van der Waals surface area contributed by atoms with Gasteiger partial charge in [-0.1, -0.05) is 32.0 Å². The molecule has 1 N–H and O–H groups in total. The molecule has 1 aromatic carbocycles. The van der Waals surface area contributed by atoms with Gasteiger partial charge < -0.3 is 5.11 Å². The number of hydrogen-bond donors (Lipinski definition) is 1. The second-order valence-corrected chi connectivity index (χ2v) is 5.15. The number of amides is 1. The number of carbonyl (C=O) groups is 1. The van der Waals surface area contributed by atoms with E-state index < -0.39 is 11.1 Å². The predicted molar refractivity (Wildman–Crippen MR) is 62.9 cm³/mol. The highest BCUT2D eigenvalue weighted by atomic mass is 16.3. The Morgan fingerprint density at radius 3 is 2.19 bits per heavy atom. The average molecular weight is 219 g/mol. The van der Waals surface area contributed by atoms with Crippen molar-refractivity contribution < 1.29 is 9.90 Å². The maximum atomic E-state index is 12.0. The lowest BCUT2D eigenvalue weighted by Gasteiger charge is -2.38. The summed E-state index contributed by atoms with van der Waals surface area (Å²) in [6, 6.07) is 9.31. The molecule has 3 nitrogen and oxygen atoms in total. The molecular formula is C13H17NO2. The van der Waals surface area contributed by atoms with Crippen molar-refractivity contribution >= 4 is 11.6 Å². The van der Waals surface area contributed by atoms with E-state index in [-0.39, 0.29) is 5.91 Å². The number of carbonyl (C=O) groups excluding carboxylic acids is 1. The standard InChI is InChI=1S/C13H17NO2/c1-12(2)9-11(15)14(13(12,3)16)10-7-5-4-6-8-10/h4-8,16H,9H2,1-3H3. The number of hydrogen-bond acceptors (Lipinski definition) is 2. The molecule has 1 fully saturated rings. The van der Waals surface area contributed by atoms with Gasteiger partial charge in [0.2, 0.25) is 5.91 Å². The van der Waals surface area contributed by atoms with Crippen LogP contribution in [0.5, 0.6) is 0 Å². The Morgan fingerprint density at radius 1 is 1.19 bits per heavy atom. The van der Waals surface area contributed by atoms with E-state index in [0.29, 0.717) is 6.42 Å². The van der Waals surface area contributed by atoms with Crippen LogP contribution in [0.4, 0.5) is 5.69 Å². The van der Waals surface area contributed by atoms with Gasteiger partial charge >= 0.3 is 0 Å². The van der Waals surface area contributed by atoms with Gasteiger partial charge in [0.15, 0.2) is 0 Å². The molecule has 1 aliphatic heterocycles. The second-order valence-electron chi connectivity index (χ2n) is 5.15. The molecule has 2 rings (SSSR count). The molecule has 86 valence electrons. The maximum Gasteiger partial charge on any atom is 0.230 e. The zero-order chi connectivity index (χ0) is 12.0. The minimum absolute atomic E-state index is 0.0267. The predicted octanol–water partition coefficient (Wildman–Crippen LogP) is 2.16. The third-order valence-corrected chi connectivity index (χ3v) is 3.57. The number of anilines is 1. The zero-order valence-electron chi connectivity index (χ0n) is 9.90. The van der Waals surface area contributed by atoms with Gasteiger partial charge in [0.1, 0.15) is 5.72 Å². The van der Waals surface area contributed by atoms with Crippen molar-refractivity contribution in [1.29, 1.82) is 0 Å². The molecule has 1 amide bonds. The van der Waals surface area contributed by atoms with Crippen molar-refractivity contribution in [3.05, 3.63) is 30.3 Å². The van der Waals surface area contributed by atoms with Gasteiger partial charge in [0.25, 0.3) is 0 Å². The molecule has 0 spiro atoms. The van der Waals surface area contributed by atoms with E-state index in [4.69, 9.17) is 0 Å². The molecule has 0 radical (unpaired) electrons. The van der Waals surface area contributed by atoms with Crippen LogP contribution in [-0.4, -0.2) is 16.7 Å². The van der Waals surface area contributed by atoms with Crippen LogP contribution in [0.15, 0.2) is 30.3 Å². The summed E-state index contributed by atoms with van der Waals surface area (Å²) in [5, 5.41) is 10.5. The molecule has 16 heavy (non-hydrogen) atoms. The van der Waals surface area contributed by atoms with E-state index in [2.05, 4.69) is 0 Å². The summed E-state index contributed by atoms with van der Waals surface area (Å²) < 4.78 is 0. The Balaban J connectivity index is 2.47. The van der Waals surface area contributed by atoms with E-state index in [1.54, 1.807) is 6.92 Å². The third-order valence-electron chi connectivity index (χ3n) is 3.57. The second kappa shape index (κ2) is 3.32. The van der Waals surface area contributed by atoms with E-state index in [0.717, 1.165) is 5.69 Å². The Bertz CT molecular complexity index is 409. The number of nitrogens with zero attached hydrogens (tertiary/aromatic N) is 1. The summed E-state index contributed by atoms with van der Waals surface area (Å²) in [4.78, 5) is 13.5. The van der Waals surface area contributed by atoms with Gasteiger partial charge in [-0.05, 0) is 19.1 Å². The van der Waals surface area contributed by atoms with Crippen LogP contribution in [0, 0.1) is 5.41 Å². The number of benzene rings is 1. The van der Waals surface area contributed by atoms with Crippen LogP contribution < -0.4 is 4.90 Å². The van der Waals surface area contributed by atoms with Crippen LogP contribution in [-0.2, 0) is 4.79 Å². The van der Waals surface area contributed by atoms with Gasteiger partial charge in [-0.2, -0.15) is 0 Å². The summed E-state index contributed by atoms with van der Waals surface area (Å²) in [7, 11) is 0. The maximum absolute atomic E-state index is 12.0. The number of aliphatic hydroxyl groups is 1. The molecule has 0 aliphatic carbocycles. The Kier molecular flexibility index (Phi) is 2.31. The lowest BCUT2D eigenvalue weighted by molar-refractivity contribution is -0.118. The molecule has 0 aromatic heterocycles. The van der Waals surface area contributed by atoms with Gasteiger partial charge in [0, 0.05) is 17.5 Å². The molecule has 1 saturated heterocycles. The molecule has 1 unspecified atom stereocenters. The SMILES string of the molecule is CC1(C)CC(=O)N(c2ccccc2)C1(C)O. The van der Waals surface area contributed by atoms with Crippen molar-refractivity contribution in [2.45, 2.75) is 32.9 Å². The lowest BCUT2D eigenvalue weighted by Crippen LogP contribution is -2.50. The fourth-order valence-electron chi connectivity index (χ4n) is 2.14. The third kappa shape index (κ3) is 1.43. The van der Waals surface area contributed by atoms with Crippen LogP contribution in [0.2, 0.25) is 0 Å². The molecule has 0 bridgehead atoms. The minimum atomic E-state index is -1.13. The van der Waals surface area contributed by atoms with Crippen molar-refractivity contribution in [2.24, 2.45) is 5.41 Å². The van der Waals surface area contributed by atoms with Crippen LogP contribution in [0.3, 0.4) is 0 Å².